The Labute approximate surface area is 194 Å². The summed E-state index contributed by atoms with van der Waals surface area (Å²) in [5.74, 6) is -0.263. The molecule has 1 fully saturated rings. The Hall–Kier alpha value is -3.64. The summed E-state index contributed by atoms with van der Waals surface area (Å²) in [6.07, 6.45) is 0.248. The van der Waals surface area contributed by atoms with Crippen LogP contribution in [0.25, 0.3) is 0 Å². The minimum atomic E-state index is -0.613. The first kappa shape index (κ1) is 22.6. The molecule has 0 bridgehead atoms. The summed E-state index contributed by atoms with van der Waals surface area (Å²) in [5, 5.41) is 12.7. The van der Waals surface area contributed by atoms with Crippen molar-refractivity contribution in [3.05, 3.63) is 95.1 Å². The van der Waals surface area contributed by atoms with Gasteiger partial charge in [-0.1, -0.05) is 42.5 Å². The smallest absolute Gasteiger partial charge is 0.324 e. The SMILES string of the molecule is Cc1ccccc1CN1CCCN(c2cccc(C(=O)Nc3cccc([C@@H](C)O)c3)c2)C1=O. The van der Waals surface area contributed by atoms with Gasteiger partial charge in [0, 0.05) is 36.6 Å². The fourth-order valence-corrected chi connectivity index (χ4v) is 4.06. The van der Waals surface area contributed by atoms with Crippen LogP contribution in [0.2, 0.25) is 0 Å². The van der Waals surface area contributed by atoms with Crippen LogP contribution in [0.1, 0.15) is 46.5 Å². The van der Waals surface area contributed by atoms with Crippen LogP contribution in [0.4, 0.5) is 16.2 Å². The summed E-state index contributed by atoms with van der Waals surface area (Å²) in [4.78, 5) is 29.7. The number of nitrogens with one attached hydrogen (secondary N) is 1. The second kappa shape index (κ2) is 9.88. The predicted octanol–water partition coefficient (Wildman–Crippen LogP) is 5.13. The Balaban J connectivity index is 1.49. The van der Waals surface area contributed by atoms with E-state index in [0.29, 0.717) is 36.6 Å². The molecule has 0 aliphatic carbocycles. The summed E-state index contributed by atoms with van der Waals surface area (Å²) >= 11 is 0. The van der Waals surface area contributed by atoms with E-state index in [1.807, 2.05) is 29.2 Å². The number of aliphatic hydroxyl groups is 1. The molecule has 0 unspecified atom stereocenters. The zero-order chi connectivity index (χ0) is 23.4. The van der Waals surface area contributed by atoms with Crippen molar-refractivity contribution in [3.63, 3.8) is 0 Å². The first-order chi connectivity index (χ1) is 15.9. The topological polar surface area (TPSA) is 72.9 Å². The fraction of sp³-hybridized carbons (Fsp3) is 0.259. The van der Waals surface area contributed by atoms with E-state index < -0.39 is 6.10 Å². The average molecular weight is 444 g/mol. The highest BCUT2D eigenvalue weighted by Gasteiger charge is 2.27. The predicted molar refractivity (Wildman–Crippen MR) is 130 cm³/mol. The number of benzene rings is 3. The molecule has 170 valence electrons. The van der Waals surface area contributed by atoms with Gasteiger partial charge in [-0.05, 0) is 67.3 Å². The summed E-state index contributed by atoms with van der Waals surface area (Å²) in [6, 6.07) is 22.3. The zero-order valence-electron chi connectivity index (χ0n) is 19.0. The summed E-state index contributed by atoms with van der Waals surface area (Å²) in [6.45, 7) is 5.64. The number of nitrogens with zero attached hydrogens (tertiary/aromatic N) is 2. The van der Waals surface area contributed by atoms with E-state index in [0.717, 1.165) is 17.5 Å². The molecule has 1 saturated heterocycles. The molecule has 1 heterocycles. The molecular formula is C27H29N3O3. The van der Waals surface area contributed by atoms with Gasteiger partial charge in [-0.25, -0.2) is 4.79 Å². The Morgan fingerprint density at radius 2 is 1.82 bits per heavy atom. The van der Waals surface area contributed by atoms with Crippen molar-refractivity contribution in [2.24, 2.45) is 0 Å². The van der Waals surface area contributed by atoms with Crippen molar-refractivity contribution in [1.82, 2.24) is 4.90 Å². The third-order valence-electron chi connectivity index (χ3n) is 5.98. The molecule has 3 amide bonds. The molecule has 1 atom stereocenters. The number of urea groups is 1. The molecule has 1 aliphatic heterocycles. The Kier molecular flexibility index (Phi) is 6.75. The van der Waals surface area contributed by atoms with Gasteiger partial charge in [-0.15, -0.1) is 0 Å². The van der Waals surface area contributed by atoms with Crippen LogP contribution in [-0.2, 0) is 6.54 Å². The lowest BCUT2D eigenvalue weighted by Gasteiger charge is -2.36. The lowest BCUT2D eigenvalue weighted by Crippen LogP contribution is -2.49. The van der Waals surface area contributed by atoms with Gasteiger partial charge in [-0.2, -0.15) is 0 Å². The van der Waals surface area contributed by atoms with E-state index in [-0.39, 0.29) is 11.9 Å². The summed E-state index contributed by atoms with van der Waals surface area (Å²) in [7, 11) is 0. The fourth-order valence-electron chi connectivity index (χ4n) is 4.06. The molecule has 0 aromatic heterocycles. The van der Waals surface area contributed by atoms with Crippen LogP contribution >= 0.6 is 0 Å². The number of anilines is 2. The van der Waals surface area contributed by atoms with Crippen LogP contribution in [0, 0.1) is 6.92 Å². The number of carbonyl (C=O) groups excluding carboxylic acids is 2. The maximum atomic E-state index is 13.2. The van der Waals surface area contributed by atoms with Gasteiger partial charge in [0.05, 0.1) is 6.10 Å². The first-order valence-corrected chi connectivity index (χ1v) is 11.2. The zero-order valence-corrected chi connectivity index (χ0v) is 19.0. The maximum absolute atomic E-state index is 13.2. The van der Waals surface area contributed by atoms with Crippen molar-refractivity contribution in [2.75, 3.05) is 23.3 Å². The quantitative estimate of drug-likeness (QED) is 0.555. The standard InChI is InChI=1S/C27H29N3O3/c1-19-8-3-4-9-23(19)18-29-14-7-15-30(27(29)33)25-13-6-11-22(17-25)26(32)28-24-12-5-10-21(16-24)20(2)31/h3-6,8-13,16-17,20,31H,7,14-15,18H2,1-2H3,(H,28,32)/t20-/m1/s1. The molecule has 0 radical (unpaired) electrons. The van der Waals surface area contributed by atoms with E-state index in [4.69, 9.17) is 0 Å². The monoisotopic (exact) mass is 443 g/mol. The van der Waals surface area contributed by atoms with Crippen LogP contribution in [0.3, 0.4) is 0 Å². The third kappa shape index (κ3) is 5.23. The van der Waals surface area contributed by atoms with Crippen molar-refractivity contribution >= 4 is 23.3 Å². The van der Waals surface area contributed by atoms with Gasteiger partial charge in [0.25, 0.3) is 5.91 Å². The highest BCUT2D eigenvalue weighted by atomic mass is 16.3. The second-order valence-electron chi connectivity index (χ2n) is 8.44. The molecular weight excluding hydrogens is 414 g/mol. The van der Waals surface area contributed by atoms with E-state index in [1.165, 1.54) is 5.56 Å². The minimum Gasteiger partial charge on any atom is -0.389 e. The number of hydrogen-bond donors (Lipinski definition) is 2. The number of amides is 3. The van der Waals surface area contributed by atoms with Crippen LogP contribution in [-0.4, -0.2) is 35.0 Å². The number of hydrogen-bond acceptors (Lipinski definition) is 3. The van der Waals surface area contributed by atoms with Crippen molar-refractivity contribution in [3.8, 4) is 0 Å². The minimum absolute atomic E-state index is 0.0494. The highest BCUT2D eigenvalue weighted by molar-refractivity contribution is 6.05. The molecule has 33 heavy (non-hydrogen) atoms. The molecule has 6 heteroatoms. The van der Waals surface area contributed by atoms with Crippen LogP contribution in [0.5, 0.6) is 0 Å². The number of aryl methyl sites for hydroxylation is 1. The summed E-state index contributed by atoms with van der Waals surface area (Å²) < 4.78 is 0. The Morgan fingerprint density at radius 1 is 1.03 bits per heavy atom. The van der Waals surface area contributed by atoms with Gasteiger partial charge in [0.2, 0.25) is 0 Å². The Bertz CT molecular complexity index is 1160. The first-order valence-electron chi connectivity index (χ1n) is 11.2. The van der Waals surface area contributed by atoms with E-state index in [9.17, 15) is 14.7 Å². The van der Waals surface area contributed by atoms with Crippen molar-refractivity contribution in [2.45, 2.75) is 32.9 Å². The lowest BCUT2D eigenvalue weighted by atomic mass is 10.1. The second-order valence-corrected chi connectivity index (χ2v) is 8.44. The molecule has 0 saturated carbocycles. The maximum Gasteiger partial charge on any atom is 0.324 e. The Morgan fingerprint density at radius 3 is 2.61 bits per heavy atom. The average Bonchev–Trinajstić information content (AvgIpc) is 2.82. The molecule has 3 aromatic rings. The number of aliphatic hydroxyl groups excluding tert-OH is 1. The van der Waals surface area contributed by atoms with Gasteiger partial charge < -0.3 is 15.3 Å². The van der Waals surface area contributed by atoms with Gasteiger partial charge in [0.15, 0.2) is 0 Å². The van der Waals surface area contributed by atoms with Crippen molar-refractivity contribution in [1.29, 1.82) is 0 Å². The number of carbonyl (C=O) groups is 2. The van der Waals surface area contributed by atoms with Crippen LogP contribution in [0.15, 0.2) is 72.8 Å². The van der Waals surface area contributed by atoms with E-state index in [2.05, 4.69) is 24.4 Å². The van der Waals surface area contributed by atoms with E-state index in [1.54, 1.807) is 48.2 Å². The van der Waals surface area contributed by atoms with Gasteiger partial charge in [0.1, 0.15) is 0 Å². The summed E-state index contributed by atoms with van der Waals surface area (Å²) in [5.41, 5.74) is 4.83. The third-order valence-corrected chi connectivity index (χ3v) is 5.98. The molecule has 4 rings (SSSR count). The van der Waals surface area contributed by atoms with Crippen molar-refractivity contribution < 1.29 is 14.7 Å². The molecule has 0 spiro atoms. The molecule has 2 N–H and O–H groups in total. The van der Waals surface area contributed by atoms with E-state index >= 15 is 0 Å². The number of rotatable bonds is 6. The van der Waals surface area contributed by atoms with Crippen LogP contribution < -0.4 is 10.2 Å². The largest absolute Gasteiger partial charge is 0.389 e. The molecule has 1 aliphatic rings. The lowest BCUT2D eigenvalue weighted by molar-refractivity contribution is 0.102. The highest BCUT2D eigenvalue weighted by Crippen LogP contribution is 2.24. The molecule has 6 nitrogen and oxygen atoms in total. The molecule has 3 aromatic carbocycles. The van der Waals surface area contributed by atoms with Gasteiger partial charge in [-0.3, -0.25) is 9.69 Å². The van der Waals surface area contributed by atoms with Gasteiger partial charge >= 0.3 is 6.03 Å². The normalized spacial score (nSPS) is 14.8.